The molecule has 4 rings (SSSR count). The second-order valence-corrected chi connectivity index (χ2v) is 5.98. The van der Waals surface area contributed by atoms with Gasteiger partial charge in [-0.15, -0.1) is 0 Å². The maximum atomic E-state index is 12.4. The number of morpholine rings is 1. The predicted molar refractivity (Wildman–Crippen MR) is 93.9 cm³/mol. The molecular weight excluding hydrogens is 302 g/mol. The molecule has 1 aromatic heterocycles. The quantitative estimate of drug-likeness (QED) is 0.805. The smallest absolute Gasteiger partial charge is 0.259 e. The number of hydrogen-bond donors (Lipinski definition) is 1. The van der Waals surface area contributed by atoms with E-state index in [0.717, 1.165) is 49.5 Å². The van der Waals surface area contributed by atoms with E-state index in [4.69, 9.17) is 4.74 Å². The number of aromatic nitrogens is 2. The monoisotopic (exact) mass is 321 g/mol. The number of fused-ring (bicyclic) bond motifs is 1. The van der Waals surface area contributed by atoms with E-state index in [-0.39, 0.29) is 5.56 Å². The van der Waals surface area contributed by atoms with Gasteiger partial charge in [-0.1, -0.05) is 36.4 Å². The number of hydrogen-bond acceptors (Lipinski definition) is 4. The minimum atomic E-state index is -0.100. The van der Waals surface area contributed by atoms with Crippen molar-refractivity contribution >= 4 is 10.9 Å². The summed E-state index contributed by atoms with van der Waals surface area (Å²) in [6, 6.07) is 15.5. The van der Waals surface area contributed by atoms with Gasteiger partial charge in [0.25, 0.3) is 5.56 Å². The van der Waals surface area contributed by atoms with E-state index in [2.05, 4.69) is 20.9 Å². The summed E-state index contributed by atoms with van der Waals surface area (Å²) < 4.78 is 5.41. The minimum Gasteiger partial charge on any atom is -0.379 e. The molecule has 122 valence electrons. The molecule has 0 bridgehead atoms. The summed E-state index contributed by atoms with van der Waals surface area (Å²) in [7, 11) is 0. The number of benzene rings is 2. The highest BCUT2D eigenvalue weighted by molar-refractivity contribution is 5.79. The molecule has 1 aliphatic rings. The van der Waals surface area contributed by atoms with E-state index in [0.29, 0.717) is 11.2 Å². The largest absolute Gasteiger partial charge is 0.379 e. The van der Waals surface area contributed by atoms with Crippen molar-refractivity contribution in [3.05, 3.63) is 64.4 Å². The van der Waals surface area contributed by atoms with E-state index in [9.17, 15) is 4.79 Å². The Morgan fingerprint density at radius 2 is 1.79 bits per heavy atom. The van der Waals surface area contributed by atoms with Gasteiger partial charge in [-0.25, -0.2) is 4.98 Å². The Morgan fingerprint density at radius 1 is 1.04 bits per heavy atom. The number of para-hydroxylation sites is 1. The number of nitrogens with zero attached hydrogens (tertiary/aromatic N) is 2. The van der Waals surface area contributed by atoms with Gasteiger partial charge in [-0.05, 0) is 17.7 Å². The Hall–Kier alpha value is -2.50. The van der Waals surface area contributed by atoms with Crippen LogP contribution in [0.4, 0.5) is 0 Å². The maximum absolute atomic E-state index is 12.4. The van der Waals surface area contributed by atoms with Gasteiger partial charge >= 0.3 is 0 Å². The lowest BCUT2D eigenvalue weighted by atomic mass is 10.1. The zero-order valence-corrected chi connectivity index (χ0v) is 13.4. The summed E-state index contributed by atoms with van der Waals surface area (Å²) in [6.45, 7) is 4.22. The number of rotatable bonds is 3. The number of nitrogens with one attached hydrogen (secondary N) is 1. The summed E-state index contributed by atoms with van der Waals surface area (Å²) in [5.74, 6) is 0.627. The average Bonchev–Trinajstić information content (AvgIpc) is 2.63. The third-order valence-corrected chi connectivity index (χ3v) is 4.38. The van der Waals surface area contributed by atoms with Crippen LogP contribution in [-0.2, 0) is 11.3 Å². The molecule has 0 saturated carbocycles. The SMILES string of the molecule is O=c1[nH]c(-c2ccccc2CN2CCOCC2)nc2ccccc12. The standard InChI is InChI=1S/C19H19N3O2/c23-19-16-7-3-4-8-17(16)20-18(21-19)15-6-2-1-5-14(15)13-22-9-11-24-12-10-22/h1-8H,9-13H2,(H,20,21,23). The van der Waals surface area contributed by atoms with E-state index in [1.54, 1.807) is 6.07 Å². The highest BCUT2D eigenvalue weighted by atomic mass is 16.5. The van der Waals surface area contributed by atoms with Gasteiger partial charge in [0, 0.05) is 25.2 Å². The van der Waals surface area contributed by atoms with Gasteiger partial charge in [-0.2, -0.15) is 0 Å². The summed E-state index contributed by atoms with van der Waals surface area (Å²) in [6.07, 6.45) is 0. The molecule has 0 amide bonds. The molecule has 0 aliphatic carbocycles. The average molecular weight is 321 g/mol. The van der Waals surface area contributed by atoms with Gasteiger partial charge < -0.3 is 9.72 Å². The highest BCUT2D eigenvalue weighted by Gasteiger charge is 2.15. The van der Waals surface area contributed by atoms with Gasteiger partial charge in [0.05, 0.1) is 24.1 Å². The van der Waals surface area contributed by atoms with Crippen molar-refractivity contribution in [3.8, 4) is 11.4 Å². The summed E-state index contributed by atoms with van der Waals surface area (Å²) >= 11 is 0. The van der Waals surface area contributed by atoms with E-state index in [1.807, 2.05) is 36.4 Å². The van der Waals surface area contributed by atoms with Crippen LogP contribution in [0.25, 0.3) is 22.3 Å². The first kappa shape index (κ1) is 15.1. The molecule has 2 aromatic carbocycles. The Labute approximate surface area is 139 Å². The molecular formula is C19H19N3O2. The van der Waals surface area contributed by atoms with Crippen LogP contribution in [0.1, 0.15) is 5.56 Å². The summed E-state index contributed by atoms with van der Waals surface area (Å²) in [5, 5.41) is 0.618. The minimum absolute atomic E-state index is 0.100. The van der Waals surface area contributed by atoms with Crippen LogP contribution in [0.2, 0.25) is 0 Å². The number of aromatic amines is 1. The summed E-state index contributed by atoms with van der Waals surface area (Å²) in [4.78, 5) is 22.3. The zero-order valence-electron chi connectivity index (χ0n) is 13.4. The van der Waals surface area contributed by atoms with Crippen LogP contribution in [0, 0.1) is 0 Å². The van der Waals surface area contributed by atoms with Crippen LogP contribution in [0.15, 0.2) is 53.3 Å². The second kappa shape index (κ2) is 6.55. The van der Waals surface area contributed by atoms with Crippen LogP contribution < -0.4 is 5.56 Å². The second-order valence-electron chi connectivity index (χ2n) is 5.98. The molecule has 24 heavy (non-hydrogen) atoms. The van der Waals surface area contributed by atoms with Crippen molar-refractivity contribution in [1.29, 1.82) is 0 Å². The number of H-pyrrole nitrogens is 1. The van der Waals surface area contributed by atoms with E-state index in [1.165, 1.54) is 0 Å². The first-order valence-electron chi connectivity index (χ1n) is 8.19. The first-order chi connectivity index (χ1) is 11.8. The van der Waals surface area contributed by atoms with Crippen LogP contribution in [0.5, 0.6) is 0 Å². The fourth-order valence-electron chi connectivity index (χ4n) is 3.10. The molecule has 3 aromatic rings. The molecule has 1 fully saturated rings. The molecule has 5 nitrogen and oxygen atoms in total. The summed E-state index contributed by atoms with van der Waals surface area (Å²) in [5.41, 5.74) is 2.76. The molecule has 2 heterocycles. The van der Waals surface area contributed by atoms with Crippen molar-refractivity contribution in [2.75, 3.05) is 26.3 Å². The molecule has 1 saturated heterocycles. The van der Waals surface area contributed by atoms with Crippen molar-refractivity contribution in [2.24, 2.45) is 0 Å². The van der Waals surface area contributed by atoms with Gasteiger partial charge in [0.15, 0.2) is 0 Å². The lowest BCUT2D eigenvalue weighted by Crippen LogP contribution is -2.35. The van der Waals surface area contributed by atoms with Gasteiger partial charge in [0.2, 0.25) is 0 Å². The molecule has 0 unspecified atom stereocenters. The molecule has 0 radical (unpaired) electrons. The van der Waals surface area contributed by atoms with Crippen LogP contribution in [-0.4, -0.2) is 41.2 Å². The highest BCUT2D eigenvalue weighted by Crippen LogP contribution is 2.22. The van der Waals surface area contributed by atoms with Crippen molar-refractivity contribution in [2.45, 2.75) is 6.54 Å². The number of ether oxygens (including phenoxy) is 1. The van der Waals surface area contributed by atoms with E-state index >= 15 is 0 Å². The van der Waals surface area contributed by atoms with Gasteiger partial charge in [0.1, 0.15) is 5.82 Å². The molecule has 0 atom stereocenters. The zero-order chi connectivity index (χ0) is 16.4. The molecule has 1 aliphatic heterocycles. The lowest BCUT2D eigenvalue weighted by Gasteiger charge is -2.27. The third kappa shape index (κ3) is 2.96. The predicted octanol–water partition coefficient (Wildman–Crippen LogP) is 2.42. The molecule has 1 N–H and O–H groups in total. The Kier molecular flexibility index (Phi) is 4.11. The molecule has 0 spiro atoms. The van der Waals surface area contributed by atoms with Crippen molar-refractivity contribution in [1.82, 2.24) is 14.9 Å². The Bertz CT molecular complexity index is 914. The topological polar surface area (TPSA) is 58.2 Å². The lowest BCUT2D eigenvalue weighted by molar-refractivity contribution is 0.0342. The first-order valence-corrected chi connectivity index (χ1v) is 8.19. The Balaban J connectivity index is 1.75. The third-order valence-electron chi connectivity index (χ3n) is 4.38. The van der Waals surface area contributed by atoms with Crippen molar-refractivity contribution < 1.29 is 4.74 Å². The fourth-order valence-corrected chi connectivity index (χ4v) is 3.10. The molecule has 5 heteroatoms. The Morgan fingerprint density at radius 3 is 2.67 bits per heavy atom. The normalized spacial score (nSPS) is 15.7. The maximum Gasteiger partial charge on any atom is 0.259 e. The fraction of sp³-hybridized carbons (Fsp3) is 0.263. The van der Waals surface area contributed by atoms with E-state index < -0.39 is 0 Å². The van der Waals surface area contributed by atoms with Gasteiger partial charge in [-0.3, -0.25) is 9.69 Å². The van der Waals surface area contributed by atoms with Crippen LogP contribution in [0.3, 0.4) is 0 Å². The van der Waals surface area contributed by atoms with Crippen LogP contribution >= 0.6 is 0 Å². The van der Waals surface area contributed by atoms with Crippen molar-refractivity contribution in [3.63, 3.8) is 0 Å².